The van der Waals surface area contributed by atoms with Gasteiger partial charge in [-0.1, -0.05) is 53.4 Å². The second-order valence-electron chi connectivity index (χ2n) is 8.30. The van der Waals surface area contributed by atoms with E-state index in [0.29, 0.717) is 17.6 Å². The molecule has 0 amide bonds. The summed E-state index contributed by atoms with van der Waals surface area (Å²) in [6.07, 6.45) is 11.2. The van der Waals surface area contributed by atoms with Crippen LogP contribution in [0.4, 0.5) is 0 Å². The highest BCUT2D eigenvalue weighted by molar-refractivity contribution is 5.95. The zero-order chi connectivity index (χ0) is 15.7. The van der Waals surface area contributed by atoms with Gasteiger partial charge in [-0.15, -0.1) is 0 Å². The Labute approximate surface area is 130 Å². The van der Waals surface area contributed by atoms with Gasteiger partial charge in [-0.3, -0.25) is 4.79 Å². The van der Waals surface area contributed by atoms with Crippen molar-refractivity contribution in [2.24, 2.45) is 22.7 Å². The fourth-order valence-corrected chi connectivity index (χ4v) is 4.20. The van der Waals surface area contributed by atoms with E-state index in [4.69, 9.17) is 0 Å². The summed E-state index contributed by atoms with van der Waals surface area (Å²) < 4.78 is 0. The third-order valence-corrected chi connectivity index (χ3v) is 6.31. The number of aliphatic hydroxyl groups excluding tert-OH is 1. The van der Waals surface area contributed by atoms with Gasteiger partial charge in [0.25, 0.3) is 0 Å². The third-order valence-electron chi connectivity index (χ3n) is 6.31. The van der Waals surface area contributed by atoms with E-state index in [1.54, 1.807) is 6.08 Å². The molecule has 2 fully saturated rings. The van der Waals surface area contributed by atoms with E-state index < -0.39 is 0 Å². The summed E-state index contributed by atoms with van der Waals surface area (Å²) in [6, 6.07) is 0. The highest BCUT2D eigenvalue weighted by Crippen LogP contribution is 2.45. The largest absolute Gasteiger partial charge is 0.512 e. The lowest BCUT2D eigenvalue weighted by Gasteiger charge is -2.33. The summed E-state index contributed by atoms with van der Waals surface area (Å²) in [6.45, 7) is 8.28. The van der Waals surface area contributed by atoms with Gasteiger partial charge in [-0.2, -0.15) is 0 Å². The second kappa shape index (κ2) is 6.14. The number of hydrogen-bond donors (Lipinski definition) is 1. The molecule has 0 aromatic heterocycles. The van der Waals surface area contributed by atoms with Crippen molar-refractivity contribution in [3.63, 3.8) is 0 Å². The van der Waals surface area contributed by atoms with Crippen molar-refractivity contribution in [1.29, 1.82) is 0 Å². The fraction of sp³-hybridized carbons (Fsp3) is 0.842. The quantitative estimate of drug-likeness (QED) is 0.542. The molecule has 21 heavy (non-hydrogen) atoms. The Morgan fingerprint density at radius 3 is 1.67 bits per heavy atom. The van der Waals surface area contributed by atoms with Crippen LogP contribution in [-0.4, -0.2) is 10.9 Å². The molecule has 0 saturated heterocycles. The van der Waals surface area contributed by atoms with E-state index in [1.165, 1.54) is 38.5 Å². The molecular weight excluding hydrogens is 260 g/mol. The molecule has 1 N–H and O–H groups in total. The van der Waals surface area contributed by atoms with E-state index in [0.717, 1.165) is 12.8 Å². The molecule has 0 aromatic carbocycles. The number of aliphatic hydroxyl groups is 1. The standard InChI is InChI=1S/C19H32O2/c1-18(2,14-9-5-6-10-14)16(20)13-17(21)19(3,4)15-11-7-8-12-15/h13-15,20H,5-12H2,1-4H3. The van der Waals surface area contributed by atoms with Crippen LogP contribution in [-0.2, 0) is 4.79 Å². The molecule has 0 aliphatic heterocycles. The molecular formula is C19H32O2. The lowest BCUT2D eigenvalue weighted by atomic mass is 9.72. The first-order valence-electron chi connectivity index (χ1n) is 8.72. The van der Waals surface area contributed by atoms with Crippen LogP contribution in [0, 0.1) is 22.7 Å². The van der Waals surface area contributed by atoms with Gasteiger partial charge >= 0.3 is 0 Å². The Morgan fingerprint density at radius 2 is 1.24 bits per heavy atom. The number of carbonyl (C=O) groups excluding carboxylic acids is 1. The molecule has 0 heterocycles. The zero-order valence-electron chi connectivity index (χ0n) is 14.2. The summed E-state index contributed by atoms with van der Waals surface area (Å²) in [5.74, 6) is 1.39. The Hall–Kier alpha value is -0.790. The minimum absolute atomic E-state index is 0.109. The van der Waals surface area contributed by atoms with Gasteiger partial charge in [0.2, 0.25) is 0 Å². The highest BCUT2D eigenvalue weighted by atomic mass is 16.3. The van der Waals surface area contributed by atoms with Crippen LogP contribution < -0.4 is 0 Å². The maximum Gasteiger partial charge on any atom is 0.164 e. The van der Waals surface area contributed by atoms with Crippen molar-refractivity contribution in [1.82, 2.24) is 0 Å². The summed E-state index contributed by atoms with van der Waals surface area (Å²) in [7, 11) is 0. The minimum Gasteiger partial charge on any atom is -0.512 e. The van der Waals surface area contributed by atoms with Crippen LogP contribution in [0.2, 0.25) is 0 Å². The number of carbonyl (C=O) groups is 1. The molecule has 2 rings (SSSR count). The zero-order valence-corrected chi connectivity index (χ0v) is 14.2. The van der Waals surface area contributed by atoms with Crippen LogP contribution in [0.25, 0.3) is 0 Å². The van der Waals surface area contributed by atoms with Crippen molar-refractivity contribution < 1.29 is 9.90 Å². The molecule has 0 unspecified atom stereocenters. The number of rotatable bonds is 5. The SMILES string of the molecule is CC(C)(C(=O)C=C(O)C(C)(C)C1CCCC1)C1CCCC1. The Balaban J connectivity index is 2.11. The molecule has 120 valence electrons. The minimum atomic E-state index is -0.337. The van der Waals surface area contributed by atoms with Crippen molar-refractivity contribution in [2.45, 2.75) is 79.1 Å². The van der Waals surface area contributed by atoms with Crippen molar-refractivity contribution in [3.05, 3.63) is 11.8 Å². The van der Waals surface area contributed by atoms with Crippen LogP contribution in [0.5, 0.6) is 0 Å². The molecule has 0 bridgehead atoms. The average Bonchev–Trinajstić information content (AvgIpc) is 3.11. The van der Waals surface area contributed by atoms with Crippen molar-refractivity contribution in [3.8, 4) is 0 Å². The molecule has 2 aliphatic carbocycles. The van der Waals surface area contributed by atoms with E-state index in [1.807, 2.05) is 0 Å². The molecule has 2 heteroatoms. The number of allylic oxidation sites excluding steroid dienone is 2. The predicted molar refractivity (Wildman–Crippen MR) is 87.2 cm³/mol. The Morgan fingerprint density at radius 1 is 0.857 bits per heavy atom. The monoisotopic (exact) mass is 292 g/mol. The summed E-state index contributed by atoms with van der Waals surface area (Å²) in [4.78, 5) is 12.7. The van der Waals surface area contributed by atoms with Gasteiger partial charge in [0, 0.05) is 16.9 Å². The molecule has 2 nitrogen and oxygen atoms in total. The number of ketones is 1. The Bertz CT molecular complexity index is 405. The maximum absolute atomic E-state index is 12.7. The molecule has 2 saturated carbocycles. The van der Waals surface area contributed by atoms with Crippen LogP contribution in [0.3, 0.4) is 0 Å². The first-order chi connectivity index (χ1) is 9.76. The first-order valence-corrected chi connectivity index (χ1v) is 8.72. The summed E-state index contributed by atoms with van der Waals surface area (Å²) >= 11 is 0. The van der Waals surface area contributed by atoms with Gasteiger partial charge in [-0.25, -0.2) is 0 Å². The van der Waals surface area contributed by atoms with Gasteiger partial charge in [-0.05, 0) is 37.5 Å². The van der Waals surface area contributed by atoms with Gasteiger partial charge in [0.05, 0.1) is 0 Å². The van der Waals surface area contributed by atoms with Gasteiger partial charge in [0.15, 0.2) is 5.78 Å². The lowest BCUT2D eigenvalue weighted by Crippen LogP contribution is -2.32. The van der Waals surface area contributed by atoms with Gasteiger partial charge < -0.3 is 5.11 Å². The maximum atomic E-state index is 12.7. The third kappa shape index (κ3) is 3.35. The molecule has 0 radical (unpaired) electrons. The molecule has 0 aromatic rings. The normalized spacial score (nSPS) is 23.0. The van der Waals surface area contributed by atoms with E-state index in [9.17, 15) is 9.90 Å². The molecule has 0 spiro atoms. The van der Waals surface area contributed by atoms with Crippen LogP contribution in [0.15, 0.2) is 11.8 Å². The summed E-state index contributed by atoms with van der Waals surface area (Å²) in [5, 5.41) is 10.6. The molecule has 2 aliphatic rings. The van der Waals surface area contributed by atoms with E-state index in [2.05, 4.69) is 27.7 Å². The summed E-state index contributed by atoms with van der Waals surface area (Å²) in [5.41, 5.74) is -0.603. The van der Waals surface area contributed by atoms with Crippen molar-refractivity contribution in [2.75, 3.05) is 0 Å². The topological polar surface area (TPSA) is 37.3 Å². The molecule has 0 atom stereocenters. The van der Waals surface area contributed by atoms with E-state index in [-0.39, 0.29) is 16.6 Å². The van der Waals surface area contributed by atoms with Gasteiger partial charge in [0.1, 0.15) is 5.76 Å². The predicted octanol–water partition coefficient (Wildman–Crippen LogP) is 5.43. The fourth-order valence-electron chi connectivity index (χ4n) is 4.20. The lowest BCUT2D eigenvalue weighted by molar-refractivity contribution is -0.125. The van der Waals surface area contributed by atoms with Crippen LogP contribution >= 0.6 is 0 Å². The Kier molecular flexibility index (Phi) is 4.85. The second-order valence-corrected chi connectivity index (χ2v) is 8.30. The smallest absolute Gasteiger partial charge is 0.164 e. The average molecular weight is 292 g/mol. The highest BCUT2D eigenvalue weighted by Gasteiger charge is 2.40. The number of hydrogen-bond acceptors (Lipinski definition) is 2. The van der Waals surface area contributed by atoms with E-state index >= 15 is 0 Å². The first kappa shape index (κ1) is 16.6. The van der Waals surface area contributed by atoms with Crippen LogP contribution in [0.1, 0.15) is 79.1 Å². The van der Waals surface area contributed by atoms with Crippen molar-refractivity contribution >= 4 is 5.78 Å².